The highest BCUT2D eigenvalue weighted by Crippen LogP contribution is 2.09. The van der Waals surface area contributed by atoms with E-state index in [2.05, 4.69) is 19.2 Å². The van der Waals surface area contributed by atoms with Crippen LogP contribution in [0.15, 0.2) is 0 Å². The number of nitrogens with zero attached hydrogens (tertiary/aromatic N) is 1. The molecular formula is C12H24N2O2. The molecular weight excluding hydrogens is 204 g/mol. The van der Waals surface area contributed by atoms with Gasteiger partial charge in [-0.2, -0.15) is 0 Å². The monoisotopic (exact) mass is 228 g/mol. The predicted octanol–water partition coefficient (Wildman–Crippen LogP) is 0.869. The second-order valence-corrected chi connectivity index (χ2v) is 4.69. The third-order valence-electron chi connectivity index (χ3n) is 3.13. The first-order chi connectivity index (χ1) is 7.63. The predicted molar refractivity (Wildman–Crippen MR) is 64.3 cm³/mol. The van der Waals surface area contributed by atoms with Gasteiger partial charge in [0.2, 0.25) is 5.91 Å². The molecule has 0 aromatic rings. The molecule has 1 aliphatic heterocycles. The van der Waals surface area contributed by atoms with Crippen LogP contribution in [0.1, 0.15) is 26.7 Å². The minimum Gasteiger partial charge on any atom is -0.374 e. The maximum Gasteiger partial charge on any atom is 0.222 e. The quantitative estimate of drug-likeness (QED) is 0.759. The van der Waals surface area contributed by atoms with Gasteiger partial charge in [-0.1, -0.05) is 20.3 Å². The molecule has 1 N–H and O–H groups in total. The van der Waals surface area contributed by atoms with Crippen LogP contribution >= 0.6 is 0 Å². The molecule has 0 aliphatic carbocycles. The van der Waals surface area contributed by atoms with Gasteiger partial charge in [-0.05, 0) is 5.92 Å². The number of rotatable bonds is 5. The van der Waals surface area contributed by atoms with Crippen LogP contribution in [-0.2, 0) is 9.53 Å². The van der Waals surface area contributed by atoms with Crippen molar-refractivity contribution in [2.45, 2.75) is 32.8 Å². The Labute approximate surface area is 98.3 Å². The van der Waals surface area contributed by atoms with E-state index in [9.17, 15) is 4.79 Å². The number of morpholine rings is 1. The fourth-order valence-electron chi connectivity index (χ4n) is 1.74. The molecule has 1 amide bonds. The molecule has 1 rings (SSSR count). The van der Waals surface area contributed by atoms with Gasteiger partial charge in [0.25, 0.3) is 0 Å². The van der Waals surface area contributed by atoms with E-state index >= 15 is 0 Å². The second-order valence-electron chi connectivity index (χ2n) is 4.69. The van der Waals surface area contributed by atoms with Crippen LogP contribution in [0.2, 0.25) is 0 Å². The summed E-state index contributed by atoms with van der Waals surface area (Å²) in [6, 6.07) is 0. The molecule has 0 spiro atoms. The van der Waals surface area contributed by atoms with Crippen LogP contribution in [-0.4, -0.2) is 50.2 Å². The van der Waals surface area contributed by atoms with Crippen LogP contribution in [0.25, 0.3) is 0 Å². The SMILES string of the molecule is CCC(C)CC(=O)N(C)CC1CNCCO1. The number of likely N-dealkylation sites (N-methyl/N-ethyl adjacent to an activating group) is 1. The Bertz CT molecular complexity index is 215. The van der Waals surface area contributed by atoms with E-state index in [0.717, 1.165) is 26.1 Å². The maximum atomic E-state index is 11.8. The highest BCUT2D eigenvalue weighted by atomic mass is 16.5. The van der Waals surface area contributed by atoms with Crippen molar-refractivity contribution < 1.29 is 9.53 Å². The molecule has 94 valence electrons. The second kappa shape index (κ2) is 6.86. The summed E-state index contributed by atoms with van der Waals surface area (Å²) >= 11 is 0. The summed E-state index contributed by atoms with van der Waals surface area (Å²) in [5.41, 5.74) is 0. The van der Waals surface area contributed by atoms with Gasteiger partial charge in [0.1, 0.15) is 0 Å². The van der Waals surface area contributed by atoms with Crippen LogP contribution in [0.5, 0.6) is 0 Å². The molecule has 0 bridgehead atoms. The van der Waals surface area contributed by atoms with E-state index in [0.29, 0.717) is 18.9 Å². The van der Waals surface area contributed by atoms with Crippen molar-refractivity contribution in [1.82, 2.24) is 10.2 Å². The van der Waals surface area contributed by atoms with Crippen molar-refractivity contribution in [1.29, 1.82) is 0 Å². The van der Waals surface area contributed by atoms with Gasteiger partial charge in [-0.3, -0.25) is 4.79 Å². The van der Waals surface area contributed by atoms with E-state index in [-0.39, 0.29) is 12.0 Å². The van der Waals surface area contributed by atoms with Crippen molar-refractivity contribution in [2.75, 3.05) is 33.3 Å². The molecule has 1 fully saturated rings. The highest BCUT2D eigenvalue weighted by Gasteiger charge is 2.19. The third-order valence-corrected chi connectivity index (χ3v) is 3.13. The number of nitrogens with one attached hydrogen (secondary N) is 1. The number of amides is 1. The standard InChI is InChI=1S/C12H24N2O2/c1-4-10(2)7-12(15)14(3)9-11-8-13-5-6-16-11/h10-11,13H,4-9H2,1-3H3. The van der Waals surface area contributed by atoms with Crippen molar-refractivity contribution in [3.8, 4) is 0 Å². The number of carbonyl (C=O) groups excluding carboxylic acids is 1. The largest absolute Gasteiger partial charge is 0.374 e. The molecule has 0 aromatic heterocycles. The Morgan fingerprint density at radius 1 is 1.62 bits per heavy atom. The maximum absolute atomic E-state index is 11.8. The molecule has 0 radical (unpaired) electrons. The Balaban J connectivity index is 2.27. The lowest BCUT2D eigenvalue weighted by atomic mass is 10.0. The lowest BCUT2D eigenvalue weighted by Gasteiger charge is -2.28. The molecule has 2 unspecified atom stereocenters. The van der Waals surface area contributed by atoms with Crippen molar-refractivity contribution in [2.24, 2.45) is 5.92 Å². The van der Waals surface area contributed by atoms with Gasteiger partial charge in [0.05, 0.1) is 12.7 Å². The fraction of sp³-hybridized carbons (Fsp3) is 0.917. The minimum atomic E-state index is 0.152. The number of ether oxygens (including phenoxy) is 1. The summed E-state index contributed by atoms with van der Waals surface area (Å²) in [6.07, 6.45) is 1.86. The molecule has 0 aromatic carbocycles. The minimum absolute atomic E-state index is 0.152. The van der Waals surface area contributed by atoms with E-state index in [4.69, 9.17) is 4.74 Å². The molecule has 4 heteroatoms. The Hall–Kier alpha value is -0.610. The number of hydrogen-bond donors (Lipinski definition) is 1. The summed E-state index contributed by atoms with van der Waals surface area (Å²) < 4.78 is 5.57. The molecule has 4 nitrogen and oxygen atoms in total. The van der Waals surface area contributed by atoms with Crippen molar-refractivity contribution in [3.05, 3.63) is 0 Å². The lowest BCUT2D eigenvalue weighted by Crippen LogP contribution is -2.45. The topological polar surface area (TPSA) is 41.6 Å². The molecule has 1 saturated heterocycles. The number of carbonyl (C=O) groups is 1. The zero-order chi connectivity index (χ0) is 12.0. The molecule has 2 atom stereocenters. The molecule has 0 saturated carbocycles. The van der Waals surface area contributed by atoms with Crippen LogP contribution in [0.3, 0.4) is 0 Å². The van der Waals surface area contributed by atoms with E-state index < -0.39 is 0 Å². The van der Waals surface area contributed by atoms with E-state index in [1.807, 2.05) is 7.05 Å². The van der Waals surface area contributed by atoms with Gasteiger partial charge >= 0.3 is 0 Å². The highest BCUT2D eigenvalue weighted by molar-refractivity contribution is 5.76. The Morgan fingerprint density at radius 3 is 2.94 bits per heavy atom. The first kappa shape index (κ1) is 13.5. The first-order valence-corrected chi connectivity index (χ1v) is 6.19. The Morgan fingerprint density at radius 2 is 2.38 bits per heavy atom. The lowest BCUT2D eigenvalue weighted by molar-refractivity contribution is -0.132. The van der Waals surface area contributed by atoms with Crippen molar-refractivity contribution in [3.63, 3.8) is 0 Å². The zero-order valence-electron chi connectivity index (χ0n) is 10.7. The molecule has 1 aliphatic rings. The molecule has 1 heterocycles. The van der Waals surface area contributed by atoms with Crippen LogP contribution < -0.4 is 5.32 Å². The summed E-state index contributed by atoms with van der Waals surface area (Å²) in [5.74, 6) is 0.698. The average Bonchev–Trinajstić information content (AvgIpc) is 2.30. The van der Waals surface area contributed by atoms with Gasteiger partial charge in [-0.25, -0.2) is 0 Å². The normalized spacial score (nSPS) is 22.8. The smallest absolute Gasteiger partial charge is 0.222 e. The summed E-state index contributed by atoms with van der Waals surface area (Å²) in [6.45, 7) is 7.44. The average molecular weight is 228 g/mol. The van der Waals surface area contributed by atoms with Crippen LogP contribution in [0, 0.1) is 5.92 Å². The van der Waals surface area contributed by atoms with Crippen molar-refractivity contribution >= 4 is 5.91 Å². The van der Waals surface area contributed by atoms with Gasteiger partial charge in [-0.15, -0.1) is 0 Å². The van der Waals surface area contributed by atoms with Crippen LogP contribution in [0.4, 0.5) is 0 Å². The first-order valence-electron chi connectivity index (χ1n) is 6.19. The van der Waals surface area contributed by atoms with E-state index in [1.165, 1.54) is 0 Å². The van der Waals surface area contributed by atoms with Gasteiger partial charge in [0, 0.05) is 33.1 Å². The van der Waals surface area contributed by atoms with Gasteiger partial charge in [0.15, 0.2) is 0 Å². The zero-order valence-corrected chi connectivity index (χ0v) is 10.7. The number of hydrogen-bond acceptors (Lipinski definition) is 3. The van der Waals surface area contributed by atoms with E-state index in [1.54, 1.807) is 4.90 Å². The molecule has 16 heavy (non-hydrogen) atoms. The summed E-state index contributed by atoms with van der Waals surface area (Å²) in [4.78, 5) is 13.6. The summed E-state index contributed by atoms with van der Waals surface area (Å²) in [5, 5.41) is 3.27. The van der Waals surface area contributed by atoms with Gasteiger partial charge < -0.3 is 15.0 Å². The fourth-order valence-corrected chi connectivity index (χ4v) is 1.74. The third kappa shape index (κ3) is 4.49. The Kier molecular flexibility index (Phi) is 5.77. The summed E-state index contributed by atoms with van der Waals surface area (Å²) in [7, 11) is 1.86.